The van der Waals surface area contributed by atoms with Crippen LogP contribution >= 0.6 is 24.0 Å². The molecule has 1 atom stereocenters. The fourth-order valence-electron chi connectivity index (χ4n) is 3.25. The maximum Gasteiger partial charge on any atom is 0.416 e. The van der Waals surface area contributed by atoms with Crippen LogP contribution < -0.4 is 15.4 Å². The van der Waals surface area contributed by atoms with Crippen LogP contribution in [-0.4, -0.2) is 32.3 Å². The van der Waals surface area contributed by atoms with Gasteiger partial charge in [0.1, 0.15) is 17.7 Å². The number of aryl methyl sites for hydroxylation is 1. The summed E-state index contributed by atoms with van der Waals surface area (Å²) in [5.74, 6) is 0.114. The minimum Gasteiger partial charge on any atom is -0.488 e. The van der Waals surface area contributed by atoms with Crippen molar-refractivity contribution in [1.82, 2.24) is 10.6 Å². The van der Waals surface area contributed by atoms with Crippen LogP contribution in [-0.2, 0) is 24.0 Å². The second kappa shape index (κ2) is 11.7. The maximum atomic E-state index is 13.3. The molecule has 2 aromatic rings. The average Bonchev–Trinajstić information content (AvgIpc) is 3.22. The Morgan fingerprint density at radius 1 is 1.12 bits per heavy atom. The van der Waals surface area contributed by atoms with Crippen molar-refractivity contribution in [2.45, 2.75) is 38.7 Å². The highest BCUT2D eigenvalue weighted by atomic mass is 127. The maximum absolute atomic E-state index is 13.3. The van der Waals surface area contributed by atoms with Crippen molar-refractivity contribution in [3.8, 4) is 5.75 Å². The molecule has 0 radical (unpaired) electrons. The summed E-state index contributed by atoms with van der Waals surface area (Å²) in [6.07, 6.45) is -3.82. The lowest BCUT2D eigenvalue weighted by molar-refractivity contribution is -0.138. The highest BCUT2D eigenvalue weighted by Crippen LogP contribution is 2.32. The molecule has 2 N–H and O–H groups in total. The van der Waals surface area contributed by atoms with E-state index in [2.05, 4.69) is 15.6 Å². The van der Waals surface area contributed by atoms with Gasteiger partial charge in [0, 0.05) is 32.1 Å². The van der Waals surface area contributed by atoms with Crippen LogP contribution in [0.1, 0.15) is 28.7 Å². The third-order valence-corrected chi connectivity index (χ3v) is 4.90. The monoisotopic (exact) mass is 567 g/mol. The van der Waals surface area contributed by atoms with Crippen LogP contribution in [0.5, 0.6) is 5.75 Å². The number of hydrogen-bond acceptors (Lipinski definition) is 3. The first-order valence-electron chi connectivity index (χ1n) is 9.90. The average molecular weight is 567 g/mol. The molecule has 1 saturated heterocycles. The quantitative estimate of drug-likeness (QED) is 0.228. The van der Waals surface area contributed by atoms with Gasteiger partial charge >= 0.3 is 6.18 Å². The SMILES string of the molecule is CN=C(NCc1ccc(C)cc1OC1CCOC1)NCc1ccc(F)cc1C(F)(F)F.I. The molecule has 5 nitrogen and oxygen atoms in total. The van der Waals surface area contributed by atoms with Gasteiger partial charge in [-0.25, -0.2) is 4.39 Å². The first-order chi connectivity index (χ1) is 14.8. The van der Waals surface area contributed by atoms with Crippen LogP contribution in [0.25, 0.3) is 0 Å². The first kappa shape index (κ1) is 26.2. The van der Waals surface area contributed by atoms with Gasteiger partial charge in [-0.2, -0.15) is 13.2 Å². The smallest absolute Gasteiger partial charge is 0.416 e. The molecule has 0 saturated carbocycles. The van der Waals surface area contributed by atoms with Crippen molar-refractivity contribution >= 4 is 29.9 Å². The fourth-order valence-corrected chi connectivity index (χ4v) is 3.25. The largest absolute Gasteiger partial charge is 0.488 e. The Balaban J connectivity index is 0.00000363. The number of alkyl halides is 3. The molecule has 1 fully saturated rings. The first-order valence-corrected chi connectivity index (χ1v) is 9.90. The molecule has 3 rings (SSSR count). The second-order valence-corrected chi connectivity index (χ2v) is 7.29. The van der Waals surface area contributed by atoms with Crippen molar-refractivity contribution in [3.05, 3.63) is 64.5 Å². The molecule has 10 heteroatoms. The number of nitrogens with one attached hydrogen (secondary N) is 2. The highest BCUT2D eigenvalue weighted by Gasteiger charge is 2.33. The van der Waals surface area contributed by atoms with E-state index in [4.69, 9.17) is 9.47 Å². The predicted molar refractivity (Wildman–Crippen MR) is 125 cm³/mol. The standard InChI is InChI=1S/C22H25F4N3O2.HI/c1-14-3-4-16(20(9-14)31-18-7-8-30-13-18)12-29-21(27-2)28-11-15-5-6-17(23)10-19(15)22(24,25)26;/h3-6,9-10,18H,7-8,11-13H2,1-2H3,(H2,27,28,29);1H. The van der Waals surface area contributed by atoms with E-state index < -0.39 is 17.6 Å². The lowest BCUT2D eigenvalue weighted by Crippen LogP contribution is -2.37. The number of ether oxygens (including phenoxy) is 2. The van der Waals surface area contributed by atoms with E-state index >= 15 is 0 Å². The van der Waals surface area contributed by atoms with Crippen molar-refractivity contribution in [2.24, 2.45) is 4.99 Å². The topological polar surface area (TPSA) is 54.9 Å². The molecule has 1 aliphatic rings. The van der Waals surface area contributed by atoms with E-state index in [9.17, 15) is 17.6 Å². The van der Waals surface area contributed by atoms with Crippen molar-refractivity contribution in [1.29, 1.82) is 0 Å². The molecular formula is C22H26F4IN3O2. The minimum atomic E-state index is -4.64. The molecule has 1 aliphatic heterocycles. The Hall–Kier alpha value is -2.08. The van der Waals surface area contributed by atoms with Gasteiger partial charge in [-0.1, -0.05) is 18.2 Å². The van der Waals surface area contributed by atoms with Gasteiger partial charge < -0.3 is 20.1 Å². The fraction of sp³-hybridized carbons (Fsp3) is 0.409. The van der Waals surface area contributed by atoms with Gasteiger partial charge in [0.2, 0.25) is 0 Å². The van der Waals surface area contributed by atoms with Crippen LogP contribution in [0.15, 0.2) is 41.4 Å². The minimum absolute atomic E-state index is 0. The third-order valence-electron chi connectivity index (χ3n) is 4.90. The summed E-state index contributed by atoms with van der Waals surface area (Å²) in [6.45, 7) is 3.38. The second-order valence-electron chi connectivity index (χ2n) is 7.29. The summed E-state index contributed by atoms with van der Waals surface area (Å²) in [5.41, 5.74) is 0.857. The molecule has 1 unspecified atom stereocenters. The van der Waals surface area contributed by atoms with Gasteiger partial charge in [0.05, 0.1) is 18.8 Å². The Morgan fingerprint density at radius 2 is 1.81 bits per heavy atom. The summed E-state index contributed by atoms with van der Waals surface area (Å²) in [5, 5.41) is 5.93. The molecule has 0 spiro atoms. The number of benzene rings is 2. The predicted octanol–water partition coefficient (Wildman–Crippen LogP) is 4.80. The van der Waals surface area contributed by atoms with E-state index in [-0.39, 0.29) is 42.2 Å². The summed E-state index contributed by atoms with van der Waals surface area (Å²) < 4.78 is 64.3. The number of hydrogen-bond donors (Lipinski definition) is 2. The van der Waals surface area contributed by atoms with E-state index in [0.29, 0.717) is 31.8 Å². The lowest BCUT2D eigenvalue weighted by atomic mass is 10.1. The van der Waals surface area contributed by atoms with Crippen molar-refractivity contribution < 1.29 is 27.0 Å². The van der Waals surface area contributed by atoms with Crippen LogP contribution in [0.4, 0.5) is 17.6 Å². The molecule has 176 valence electrons. The molecule has 0 aromatic heterocycles. The normalized spacial score (nSPS) is 16.4. The summed E-state index contributed by atoms with van der Waals surface area (Å²) in [6, 6.07) is 8.45. The molecule has 2 aromatic carbocycles. The third kappa shape index (κ3) is 7.22. The van der Waals surface area contributed by atoms with E-state index in [1.165, 1.54) is 7.05 Å². The molecule has 0 amide bonds. The van der Waals surface area contributed by atoms with Gasteiger partial charge in [-0.15, -0.1) is 24.0 Å². The number of guanidine groups is 1. The molecule has 32 heavy (non-hydrogen) atoms. The van der Waals surface area contributed by atoms with Gasteiger partial charge in [0.25, 0.3) is 0 Å². The van der Waals surface area contributed by atoms with Gasteiger partial charge in [-0.05, 0) is 36.2 Å². The van der Waals surface area contributed by atoms with Crippen molar-refractivity contribution in [2.75, 3.05) is 20.3 Å². The Bertz CT molecular complexity index is 932. The van der Waals surface area contributed by atoms with Crippen LogP contribution in [0.3, 0.4) is 0 Å². The number of halogens is 5. The molecule has 0 bridgehead atoms. The highest BCUT2D eigenvalue weighted by molar-refractivity contribution is 14.0. The zero-order chi connectivity index (χ0) is 22.4. The summed E-state index contributed by atoms with van der Waals surface area (Å²) >= 11 is 0. The van der Waals surface area contributed by atoms with Crippen molar-refractivity contribution in [3.63, 3.8) is 0 Å². The lowest BCUT2D eigenvalue weighted by Gasteiger charge is -2.18. The Morgan fingerprint density at radius 3 is 2.44 bits per heavy atom. The summed E-state index contributed by atoms with van der Waals surface area (Å²) in [4.78, 5) is 4.06. The molecule has 1 heterocycles. The van der Waals surface area contributed by atoms with Crippen LogP contribution in [0.2, 0.25) is 0 Å². The van der Waals surface area contributed by atoms with Gasteiger partial charge in [-0.3, -0.25) is 4.99 Å². The van der Waals surface area contributed by atoms with Crippen LogP contribution in [0, 0.1) is 12.7 Å². The summed E-state index contributed by atoms with van der Waals surface area (Å²) in [7, 11) is 1.52. The zero-order valence-corrected chi connectivity index (χ0v) is 20.1. The zero-order valence-electron chi connectivity index (χ0n) is 17.8. The molecular weight excluding hydrogens is 541 g/mol. The number of aliphatic imine (C=N–C) groups is 1. The van der Waals surface area contributed by atoms with Gasteiger partial charge in [0.15, 0.2) is 5.96 Å². The Labute approximate surface area is 201 Å². The van der Waals surface area contributed by atoms with E-state index in [1.54, 1.807) is 0 Å². The number of rotatable bonds is 6. The van der Waals surface area contributed by atoms with E-state index in [1.807, 2.05) is 25.1 Å². The Kier molecular flexibility index (Phi) is 9.56. The van der Waals surface area contributed by atoms with E-state index in [0.717, 1.165) is 35.4 Å². The molecule has 0 aliphatic carbocycles. The number of nitrogens with zero attached hydrogens (tertiary/aromatic N) is 1.